The van der Waals surface area contributed by atoms with Gasteiger partial charge in [-0.1, -0.05) is 6.92 Å². The van der Waals surface area contributed by atoms with Gasteiger partial charge in [-0.25, -0.2) is 0 Å². The molecule has 1 fully saturated rings. The lowest BCUT2D eigenvalue weighted by molar-refractivity contribution is 0.165. The van der Waals surface area contributed by atoms with E-state index in [0.29, 0.717) is 0 Å². The maximum atomic E-state index is 9.20. The van der Waals surface area contributed by atoms with Crippen LogP contribution in [0.25, 0.3) is 0 Å². The molecule has 1 aliphatic rings. The first-order valence-corrected chi connectivity index (χ1v) is 5.78. The molecule has 1 saturated heterocycles. The monoisotopic (exact) mass is 200 g/mol. The van der Waals surface area contributed by atoms with Gasteiger partial charge in [-0.2, -0.15) is 0 Å². The summed E-state index contributed by atoms with van der Waals surface area (Å²) in [5, 5.41) is 12.6. The van der Waals surface area contributed by atoms with Crippen molar-refractivity contribution in [3.05, 3.63) is 0 Å². The third-order valence-electron chi connectivity index (χ3n) is 3.31. The number of aliphatic hydroxyl groups is 1. The molecule has 2 N–H and O–H groups in total. The topological polar surface area (TPSA) is 35.5 Å². The van der Waals surface area contributed by atoms with E-state index in [-0.39, 0.29) is 12.1 Å². The summed E-state index contributed by atoms with van der Waals surface area (Å²) >= 11 is 0. The fourth-order valence-corrected chi connectivity index (χ4v) is 1.81. The molecule has 0 amide bonds. The van der Waals surface area contributed by atoms with Crippen LogP contribution in [0.2, 0.25) is 0 Å². The molecular formula is C11H24N2O. The maximum absolute atomic E-state index is 9.20. The first-order chi connectivity index (χ1) is 6.70. The Bertz CT molecular complexity index is 151. The fourth-order valence-electron chi connectivity index (χ4n) is 1.81. The molecule has 0 radical (unpaired) electrons. The van der Waals surface area contributed by atoms with E-state index >= 15 is 0 Å². The summed E-state index contributed by atoms with van der Waals surface area (Å²) < 4.78 is 0. The first kappa shape index (κ1) is 12.0. The first-order valence-electron chi connectivity index (χ1n) is 5.78. The third kappa shape index (κ3) is 3.56. The number of hydrogen-bond donors (Lipinski definition) is 2. The second kappa shape index (κ2) is 5.69. The summed E-state index contributed by atoms with van der Waals surface area (Å²) in [4.78, 5) is 2.49. The van der Waals surface area contributed by atoms with Crippen molar-refractivity contribution < 1.29 is 5.11 Å². The third-order valence-corrected chi connectivity index (χ3v) is 3.31. The van der Waals surface area contributed by atoms with Crippen molar-refractivity contribution in [2.45, 2.75) is 38.6 Å². The van der Waals surface area contributed by atoms with Crippen molar-refractivity contribution in [3.63, 3.8) is 0 Å². The summed E-state index contributed by atoms with van der Waals surface area (Å²) in [6, 6.07) is 0. The molecule has 0 aromatic rings. The number of hydrogen-bond acceptors (Lipinski definition) is 3. The Morgan fingerprint density at radius 3 is 2.50 bits per heavy atom. The molecule has 3 nitrogen and oxygen atoms in total. The Labute approximate surface area is 87.5 Å². The van der Waals surface area contributed by atoms with Gasteiger partial charge < -0.3 is 15.3 Å². The highest BCUT2D eigenvalue weighted by Gasteiger charge is 2.20. The summed E-state index contributed by atoms with van der Waals surface area (Å²) in [7, 11) is 0. The Hall–Kier alpha value is -0.120. The van der Waals surface area contributed by atoms with Crippen LogP contribution in [-0.2, 0) is 0 Å². The summed E-state index contributed by atoms with van der Waals surface area (Å²) in [5.41, 5.74) is -0.0836. The molecule has 0 aromatic heterocycles. The van der Waals surface area contributed by atoms with Gasteiger partial charge >= 0.3 is 0 Å². The number of nitrogens with zero attached hydrogens (tertiary/aromatic N) is 1. The van der Waals surface area contributed by atoms with Gasteiger partial charge in [-0.3, -0.25) is 0 Å². The lowest BCUT2D eigenvalue weighted by atomic mass is 10.0. The normalized spacial score (nSPS) is 22.5. The van der Waals surface area contributed by atoms with E-state index in [0.717, 1.165) is 19.5 Å². The average Bonchev–Trinajstić information content (AvgIpc) is 2.70. The predicted molar refractivity (Wildman–Crippen MR) is 59.5 cm³/mol. The Morgan fingerprint density at radius 1 is 1.36 bits per heavy atom. The highest BCUT2D eigenvalue weighted by atomic mass is 16.3. The molecular weight excluding hydrogens is 176 g/mol. The Morgan fingerprint density at radius 2 is 2.00 bits per heavy atom. The van der Waals surface area contributed by atoms with Crippen LogP contribution in [0.3, 0.4) is 0 Å². The molecule has 1 unspecified atom stereocenters. The number of rotatable bonds is 6. The van der Waals surface area contributed by atoms with Gasteiger partial charge in [0.25, 0.3) is 0 Å². The van der Waals surface area contributed by atoms with Crippen molar-refractivity contribution in [1.29, 1.82) is 0 Å². The van der Waals surface area contributed by atoms with Crippen LogP contribution in [0, 0.1) is 0 Å². The van der Waals surface area contributed by atoms with Gasteiger partial charge in [-0.15, -0.1) is 0 Å². The molecule has 14 heavy (non-hydrogen) atoms. The number of aliphatic hydroxyl groups excluding tert-OH is 1. The van der Waals surface area contributed by atoms with E-state index < -0.39 is 0 Å². The lowest BCUT2D eigenvalue weighted by Gasteiger charge is -2.28. The minimum absolute atomic E-state index is 0.0836. The zero-order valence-electron chi connectivity index (χ0n) is 9.55. The predicted octanol–water partition coefficient (Wildman–Crippen LogP) is 0.833. The van der Waals surface area contributed by atoms with E-state index in [9.17, 15) is 5.11 Å². The molecule has 1 atom stereocenters. The molecule has 3 heteroatoms. The fraction of sp³-hybridized carbons (Fsp3) is 1.00. The van der Waals surface area contributed by atoms with Gasteiger partial charge in [0.1, 0.15) is 0 Å². The highest BCUT2D eigenvalue weighted by molar-refractivity contribution is 4.81. The molecule has 1 heterocycles. The minimum atomic E-state index is -0.0836. The van der Waals surface area contributed by atoms with Gasteiger partial charge in [-0.05, 0) is 39.3 Å². The van der Waals surface area contributed by atoms with Gasteiger partial charge in [0, 0.05) is 18.6 Å². The minimum Gasteiger partial charge on any atom is -0.394 e. The molecule has 1 aliphatic heterocycles. The Kier molecular flexibility index (Phi) is 4.85. The van der Waals surface area contributed by atoms with Crippen LogP contribution in [0.4, 0.5) is 0 Å². The van der Waals surface area contributed by atoms with Gasteiger partial charge in [0.15, 0.2) is 0 Å². The van der Waals surface area contributed by atoms with E-state index in [4.69, 9.17) is 0 Å². The molecule has 0 spiro atoms. The van der Waals surface area contributed by atoms with E-state index in [1.54, 1.807) is 0 Å². The standard InChI is InChI=1S/C11H24N2O/c1-3-11(2,10-14)12-6-9-13-7-4-5-8-13/h12,14H,3-10H2,1-2H3. The van der Waals surface area contributed by atoms with Gasteiger partial charge in [0.05, 0.1) is 6.61 Å². The second-order valence-electron chi connectivity index (χ2n) is 4.55. The SMILES string of the molecule is CCC(C)(CO)NCCN1CCCC1. The van der Waals surface area contributed by atoms with Crippen LogP contribution >= 0.6 is 0 Å². The van der Waals surface area contributed by atoms with Crippen molar-refractivity contribution in [2.24, 2.45) is 0 Å². The summed E-state index contributed by atoms with van der Waals surface area (Å²) in [6.45, 7) is 9.04. The van der Waals surface area contributed by atoms with Crippen molar-refractivity contribution in [2.75, 3.05) is 32.8 Å². The number of nitrogens with one attached hydrogen (secondary N) is 1. The van der Waals surface area contributed by atoms with E-state index in [1.807, 2.05) is 0 Å². The molecule has 84 valence electrons. The average molecular weight is 200 g/mol. The van der Waals surface area contributed by atoms with Crippen molar-refractivity contribution >= 4 is 0 Å². The number of likely N-dealkylation sites (tertiary alicyclic amines) is 1. The van der Waals surface area contributed by atoms with Crippen LogP contribution in [0.5, 0.6) is 0 Å². The zero-order valence-corrected chi connectivity index (χ0v) is 9.55. The van der Waals surface area contributed by atoms with E-state index in [1.165, 1.54) is 25.9 Å². The van der Waals surface area contributed by atoms with Gasteiger partial charge in [0.2, 0.25) is 0 Å². The van der Waals surface area contributed by atoms with Crippen LogP contribution < -0.4 is 5.32 Å². The summed E-state index contributed by atoms with van der Waals surface area (Å²) in [5.74, 6) is 0. The molecule has 0 saturated carbocycles. The van der Waals surface area contributed by atoms with Crippen LogP contribution in [0.1, 0.15) is 33.1 Å². The second-order valence-corrected chi connectivity index (χ2v) is 4.55. The largest absolute Gasteiger partial charge is 0.394 e. The van der Waals surface area contributed by atoms with Crippen LogP contribution in [0.15, 0.2) is 0 Å². The lowest BCUT2D eigenvalue weighted by Crippen LogP contribution is -2.47. The van der Waals surface area contributed by atoms with Crippen molar-refractivity contribution in [1.82, 2.24) is 10.2 Å². The molecule has 0 aromatic carbocycles. The molecule has 1 rings (SSSR count). The maximum Gasteiger partial charge on any atom is 0.0610 e. The molecule has 0 bridgehead atoms. The zero-order chi connectivity index (χ0) is 10.4. The van der Waals surface area contributed by atoms with Crippen molar-refractivity contribution in [3.8, 4) is 0 Å². The molecule has 0 aliphatic carbocycles. The highest BCUT2D eigenvalue weighted by Crippen LogP contribution is 2.08. The smallest absolute Gasteiger partial charge is 0.0610 e. The summed E-state index contributed by atoms with van der Waals surface area (Å²) in [6.07, 6.45) is 3.68. The quantitative estimate of drug-likeness (QED) is 0.667. The van der Waals surface area contributed by atoms with E-state index in [2.05, 4.69) is 24.1 Å². The van der Waals surface area contributed by atoms with Crippen LogP contribution in [-0.4, -0.2) is 48.3 Å². The Balaban J connectivity index is 2.12.